The van der Waals surface area contributed by atoms with Gasteiger partial charge in [0.2, 0.25) is 5.91 Å². The highest BCUT2D eigenvalue weighted by Crippen LogP contribution is 2.25. The number of rotatable bonds is 6. The second-order valence-electron chi connectivity index (χ2n) is 7.76. The van der Waals surface area contributed by atoms with E-state index < -0.39 is 0 Å². The molecule has 0 saturated carbocycles. The fourth-order valence-corrected chi connectivity index (χ4v) is 4.01. The Hall–Kier alpha value is -3.36. The van der Waals surface area contributed by atoms with Gasteiger partial charge in [-0.25, -0.2) is 14.8 Å². The van der Waals surface area contributed by atoms with E-state index in [4.69, 9.17) is 0 Å². The standard InChI is InChI=1S/C22H29N7O2/c30-20(28-16-14-27(15-17-28)19-7-1-2-9-23-19)8-11-25-22(31)26-18-6-5-10-24-21(18)29-12-3-4-13-29/h1-2,5-7,9-10H,3-4,8,11-17H2,(H2,25,26,31). The van der Waals surface area contributed by atoms with E-state index in [0.717, 1.165) is 50.7 Å². The molecule has 0 radical (unpaired) electrons. The number of piperazine rings is 1. The molecule has 2 aromatic rings. The molecule has 0 bridgehead atoms. The number of urea groups is 1. The predicted octanol–water partition coefficient (Wildman–Crippen LogP) is 1.94. The maximum absolute atomic E-state index is 12.5. The summed E-state index contributed by atoms with van der Waals surface area (Å²) in [6, 6.07) is 9.19. The Morgan fingerprint density at radius 3 is 2.39 bits per heavy atom. The molecule has 0 atom stereocenters. The molecule has 3 amide bonds. The first kappa shape index (κ1) is 20.9. The zero-order chi connectivity index (χ0) is 21.5. The Morgan fingerprint density at radius 1 is 0.871 bits per heavy atom. The van der Waals surface area contributed by atoms with Crippen LogP contribution in [0.3, 0.4) is 0 Å². The van der Waals surface area contributed by atoms with Crippen LogP contribution in [0.1, 0.15) is 19.3 Å². The van der Waals surface area contributed by atoms with Crippen LogP contribution >= 0.6 is 0 Å². The highest BCUT2D eigenvalue weighted by Gasteiger charge is 2.22. The number of anilines is 3. The summed E-state index contributed by atoms with van der Waals surface area (Å²) in [6.45, 7) is 5.05. The molecule has 31 heavy (non-hydrogen) atoms. The van der Waals surface area contributed by atoms with Crippen LogP contribution in [0.15, 0.2) is 42.7 Å². The van der Waals surface area contributed by atoms with Crippen molar-refractivity contribution in [2.24, 2.45) is 0 Å². The smallest absolute Gasteiger partial charge is 0.319 e. The van der Waals surface area contributed by atoms with Crippen LogP contribution in [0.2, 0.25) is 0 Å². The van der Waals surface area contributed by atoms with Crippen molar-refractivity contribution in [3.63, 3.8) is 0 Å². The molecule has 9 heteroatoms. The lowest BCUT2D eigenvalue weighted by Crippen LogP contribution is -2.49. The summed E-state index contributed by atoms with van der Waals surface area (Å²) in [7, 11) is 0. The summed E-state index contributed by atoms with van der Waals surface area (Å²) in [5.41, 5.74) is 0.693. The number of pyridine rings is 2. The summed E-state index contributed by atoms with van der Waals surface area (Å²) in [6.07, 6.45) is 6.08. The monoisotopic (exact) mass is 423 g/mol. The largest absolute Gasteiger partial charge is 0.355 e. The fourth-order valence-electron chi connectivity index (χ4n) is 4.01. The molecule has 2 fully saturated rings. The summed E-state index contributed by atoms with van der Waals surface area (Å²) >= 11 is 0. The van der Waals surface area contributed by atoms with Crippen molar-refractivity contribution in [3.8, 4) is 0 Å². The lowest BCUT2D eigenvalue weighted by atomic mass is 10.2. The van der Waals surface area contributed by atoms with Crippen LogP contribution in [0.25, 0.3) is 0 Å². The molecule has 0 aromatic carbocycles. The van der Waals surface area contributed by atoms with Crippen molar-refractivity contribution < 1.29 is 9.59 Å². The molecular formula is C22H29N7O2. The molecule has 4 heterocycles. The van der Waals surface area contributed by atoms with Gasteiger partial charge >= 0.3 is 6.03 Å². The van der Waals surface area contributed by atoms with Gasteiger partial charge in [-0.05, 0) is 37.1 Å². The van der Waals surface area contributed by atoms with Crippen LogP contribution in [-0.2, 0) is 4.79 Å². The van der Waals surface area contributed by atoms with Gasteiger partial charge in [-0.2, -0.15) is 0 Å². The molecule has 0 spiro atoms. The van der Waals surface area contributed by atoms with Crippen molar-refractivity contribution in [2.45, 2.75) is 19.3 Å². The third-order valence-corrected chi connectivity index (χ3v) is 5.67. The van der Waals surface area contributed by atoms with Crippen LogP contribution in [0, 0.1) is 0 Å². The number of hydrogen-bond acceptors (Lipinski definition) is 6. The van der Waals surface area contributed by atoms with Crippen molar-refractivity contribution in [1.82, 2.24) is 20.2 Å². The minimum atomic E-state index is -0.318. The van der Waals surface area contributed by atoms with Gasteiger partial charge in [0.25, 0.3) is 0 Å². The van der Waals surface area contributed by atoms with Crippen molar-refractivity contribution in [3.05, 3.63) is 42.7 Å². The number of aromatic nitrogens is 2. The Labute approximate surface area is 182 Å². The average Bonchev–Trinajstić information content (AvgIpc) is 3.35. The van der Waals surface area contributed by atoms with Crippen LogP contribution < -0.4 is 20.4 Å². The molecule has 0 unspecified atom stereocenters. The molecule has 9 nitrogen and oxygen atoms in total. The third-order valence-electron chi connectivity index (χ3n) is 5.67. The minimum Gasteiger partial charge on any atom is -0.355 e. The topological polar surface area (TPSA) is 93.7 Å². The van der Waals surface area contributed by atoms with Crippen LogP contribution in [0.4, 0.5) is 22.1 Å². The van der Waals surface area contributed by atoms with E-state index in [0.29, 0.717) is 25.3 Å². The second-order valence-corrected chi connectivity index (χ2v) is 7.76. The summed E-state index contributed by atoms with van der Waals surface area (Å²) in [5.74, 6) is 1.80. The molecular weight excluding hydrogens is 394 g/mol. The number of carbonyl (C=O) groups is 2. The van der Waals surface area contributed by atoms with Gasteiger partial charge in [-0.15, -0.1) is 0 Å². The molecule has 0 aliphatic carbocycles. The maximum atomic E-state index is 12.5. The zero-order valence-corrected chi connectivity index (χ0v) is 17.7. The number of hydrogen-bond donors (Lipinski definition) is 2. The highest BCUT2D eigenvalue weighted by atomic mass is 16.2. The molecule has 4 rings (SSSR count). The summed E-state index contributed by atoms with van der Waals surface area (Å²) < 4.78 is 0. The molecule has 2 aliphatic heterocycles. The van der Waals surface area contributed by atoms with Gasteiger partial charge in [0.1, 0.15) is 5.82 Å². The average molecular weight is 424 g/mol. The van der Waals surface area contributed by atoms with Crippen molar-refractivity contribution in [1.29, 1.82) is 0 Å². The number of nitrogens with one attached hydrogen (secondary N) is 2. The first-order chi connectivity index (χ1) is 15.2. The van der Waals surface area contributed by atoms with Gasteiger partial charge in [-0.1, -0.05) is 6.07 Å². The van der Waals surface area contributed by atoms with E-state index in [-0.39, 0.29) is 18.4 Å². The first-order valence-electron chi connectivity index (χ1n) is 10.9. The SMILES string of the molecule is O=C(NCCC(=O)N1CCN(c2ccccn2)CC1)Nc1cccnc1N1CCCC1. The summed E-state index contributed by atoms with van der Waals surface area (Å²) in [5, 5.41) is 5.66. The number of nitrogens with zero attached hydrogens (tertiary/aromatic N) is 5. The Balaban J connectivity index is 1.19. The number of carbonyl (C=O) groups excluding carboxylic acids is 2. The normalized spacial score (nSPS) is 16.3. The molecule has 2 aromatic heterocycles. The zero-order valence-electron chi connectivity index (χ0n) is 17.7. The van der Waals surface area contributed by atoms with E-state index in [1.807, 2.05) is 35.2 Å². The molecule has 2 aliphatic rings. The minimum absolute atomic E-state index is 0.0557. The lowest BCUT2D eigenvalue weighted by Gasteiger charge is -2.35. The lowest BCUT2D eigenvalue weighted by molar-refractivity contribution is -0.131. The van der Waals surface area contributed by atoms with Gasteiger partial charge < -0.3 is 25.3 Å². The second kappa shape index (κ2) is 10.1. The van der Waals surface area contributed by atoms with Crippen LogP contribution in [-0.4, -0.2) is 72.6 Å². The van der Waals surface area contributed by atoms with E-state index in [1.54, 1.807) is 12.4 Å². The van der Waals surface area contributed by atoms with E-state index >= 15 is 0 Å². The first-order valence-corrected chi connectivity index (χ1v) is 10.9. The fraction of sp³-hybridized carbons (Fsp3) is 0.455. The maximum Gasteiger partial charge on any atom is 0.319 e. The Kier molecular flexibility index (Phi) is 6.81. The van der Waals surface area contributed by atoms with Gasteiger partial charge in [0, 0.05) is 64.6 Å². The van der Waals surface area contributed by atoms with E-state index in [1.165, 1.54) is 0 Å². The number of amides is 3. The van der Waals surface area contributed by atoms with E-state index in [2.05, 4.69) is 30.4 Å². The van der Waals surface area contributed by atoms with Crippen molar-refractivity contribution >= 4 is 29.3 Å². The van der Waals surface area contributed by atoms with Gasteiger partial charge in [0.15, 0.2) is 5.82 Å². The predicted molar refractivity (Wildman–Crippen MR) is 120 cm³/mol. The van der Waals surface area contributed by atoms with E-state index in [9.17, 15) is 9.59 Å². The molecule has 2 N–H and O–H groups in total. The van der Waals surface area contributed by atoms with Gasteiger partial charge in [0.05, 0.1) is 5.69 Å². The van der Waals surface area contributed by atoms with Crippen LogP contribution in [0.5, 0.6) is 0 Å². The molecule has 2 saturated heterocycles. The van der Waals surface area contributed by atoms with Gasteiger partial charge in [-0.3, -0.25) is 4.79 Å². The third kappa shape index (κ3) is 5.42. The Morgan fingerprint density at radius 2 is 1.65 bits per heavy atom. The quantitative estimate of drug-likeness (QED) is 0.738. The van der Waals surface area contributed by atoms with Crippen molar-refractivity contribution in [2.75, 3.05) is 60.9 Å². The molecule has 164 valence electrons. The Bertz CT molecular complexity index is 878. The highest BCUT2D eigenvalue weighted by molar-refractivity contribution is 5.92. The summed E-state index contributed by atoms with van der Waals surface area (Å²) in [4.78, 5) is 39.9.